The third-order valence-corrected chi connectivity index (χ3v) is 2.15. The highest BCUT2D eigenvalue weighted by atomic mass is 16.3. The number of allylic oxidation sites excluding steroid dienone is 4. The molecule has 0 rings (SSSR count). The summed E-state index contributed by atoms with van der Waals surface area (Å²) in [6.45, 7) is 24.3. The van der Waals surface area contributed by atoms with Crippen LogP contribution in [-0.2, 0) is 0 Å². The summed E-state index contributed by atoms with van der Waals surface area (Å²) in [5.41, 5.74) is 2.36. The molecule has 1 heteroatoms. The minimum absolute atomic E-state index is 0.0231. The van der Waals surface area contributed by atoms with E-state index in [0.29, 0.717) is 5.76 Å². The van der Waals surface area contributed by atoms with Gasteiger partial charge >= 0.3 is 0 Å². The molecule has 0 unspecified atom stereocenters. The van der Waals surface area contributed by atoms with Gasteiger partial charge in [0, 0.05) is 0 Å². The van der Waals surface area contributed by atoms with Gasteiger partial charge in [0.15, 0.2) is 0 Å². The minimum atomic E-state index is 0.0231. The fourth-order valence-corrected chi connectivity index (χ4v) is 1.21. The Hall–Kier alpha value is -0.720. The summed E-state index contributed by atoms with van der Waals surface area (Å²) in [6, 6.07) is 0. The largest absolute Gasteiger partial charge is 0.512 e. The molecule has 0 saturated heterocycles. The molecule has 0 aliphatic rings. The third kappa shape index (κ3) is 17.3. The summed E-state index contributed by atoms with van der Waals surface area (Å²) >= 11 is 0. The highest BCUT2D eigenvalue weighted by Gasteiger charge is 2.17. The zero-order chi connectivity index (χ0) is 16.6. The fraction of sp³-hybridized carbons (Fsp3) is 0.778. The second-order valence-corrected chi connectivity index (χ2v) is 4.59. The van der Waals surface area contributed by atoms with Crippen molar-refractivity contribution in [2.45, 2.75) is 89.5 Å². The Morgan fingerprint density at radius 2 is 1.21 bits per heavy atom. The van der Waals surface area contributed by atoms with Crippen molar-refractivity contribution >= 4 is 0 Å². The monoisotopic (exact) mass is 272 g/mol. The van der Waals surface area contributed by atoms with Crippen molar-refractivity contribution < 1.29 is 5.11 Å². The molecule has 0 amide bonds. The van der Waals surface area contributed by atoms with E-state index < -0.39 is 0 Å². The Balaban J connectivity index is -0.000000163. The van der Waals surface area contributed by atoms with E-state index in [-0.39, 0.29) is 5.41 Å². The summed E-state index contributed by atoms with van der Waals surface area (Å²) in [4.78, 5) is 0. The van der Waals surface area contributed by atoms with Gasteiger partial charge in [-0.05, 0) is 31.3 Å². The Kier molecular flexibility index (Phi) is 24.3. The third-order valence-electron chi connectivity index (χ3n) is 2.15. The van der Waals surface area contributed by atoms with Crippen molar-refractivity contribution in [3.63, 3.8) is 0 Å². The molecule has 0 atom stereocenters. The van der Waals surface area contributed by atoms with E-state index in [2.05, 4.69) is 40.7 Å². The fourth-order valence-electron chi connectivity index (χ4n) is 1.21. The first-order valence-electron chi connectivity index (χ1n) is 7.86. The summed E-state index contributed by atoms with van der Waals surface area (Å²) < 4.78 is 0. The van der Waals surface area contributed by atoms with Crippen LogP contribution in [0.2, 0.25) is 0 Å². The van der Waals surface area contributed by atoms with Gasteiger partial charge in [-0.15, -0.1) is 0 Å². The zero-order valence-electron chi connectivity index (χ0n) is 15.7. The molecule has 0 heterocycles. The Bertz CT molecular complexity index is 223. The first kappa shape index (κ1) is 26.8. The Morgan fingerprint density at radius 1 is 0.895 bits per heavy atom. The summed E-state index contributed by atoms with van der Waals surface area (Å²) in [6.07, 6.45) is 3.13. The standard InChI is InChI=1S/C12H22O.3C2H6/c1-7-9(2)8-11(10(3)13)12(4,5)6;3*1-2/h8,13H,7H2,1-6H3;3*1-2H3/b9-8+,11-10-;;;. The van der Waals surface area contributed by atoms with Gasteiger partial charge in [-0.25, -0.2) is 0 Å². The van der Waals surface area contributed by atoms with Crippen LogP contribution in [0.25, 0.3) is 0 Å². The van der Waals surface area contributed by atoms with Crippen LogP contribution in [0.15, 0.2) is 23.0 Å². The molecule has 0 bridgehead atoms. The second-order valence-electron chi connectivity index (χ2n) is 4.59. The van der Waals surface area contributed by atoms with Crippen LogP contribution >= 0.6 is 0 Å². The van der Waals surface area contributed by atoms with E-state index in [0.717, 1.165) is 12.0 Å². The molecular formula is C18H40O. The molecule has 0 aromatic heterocycles. The van der Waals surface area contributed by atoms with Crippen molar-refractivity contribution in [1.29, 1.82) is 0 Å². The van der Waals surface area contributed by atoms with Crippen LogP contribution in [0.4, 0.5) is 0 Å². The SMILES string of the molecule is CC.CC.CC.CC/C(C)=C/C(=C(\C)O)C(C)(C)C. The molecule has 0 radical (unpaired) electrons. The lowest BCUT2D eigenvalue weighted by Gasteiger charge is -2.21. The average Bonchev–Trinajstić information content (AvgIpc) is 2.40. The predicted molar refractivity (Wildman–Crippen MR) is 92.9 cm³/mol. The topological polar surface area (TPSA) is 20.2 Å². The maximum atomic E-state index is 9.53. The molecule has 0 aliphatic heterocycles. The van der Waals surface area contributed by atoms with E-state index >= 15 is 0 Å². The van der Waals surface area contributed by atoms with Crippen molar-refractivity contribution in [1.82, 2.24) is 0 Å². The van der Waals surface area contributed by atoms with Gasteiger partial charge < -0.3 is 5.11 Å². The lowest BCUT2D eigenvalue weighted by Crippen LogP contribution is -2.10. The molecule has 1 nitrogen and oxygen atoms in total. The molecular weight excluding hydrogens is 232 g/mol. The van der Waals surface area contributed by atoms with Crippen LogP contribution in [0.5, 0.6) is 0 Å². The number of hydrogen-bond acceptors (Lipinski definition) is 1. The van der Waals surface area contributed by atoms with Gasteiger partial charge in [0.25, 0.3) is 0 Å². The van der Waals surface area contributed by atoms with Crippen LogP contribution in [0.3, 0.4) is 0 Å². The molecule has 0 aromatic rings. The summed E-state index contributed by atoms with van der Waals surface area (Å²) in [5.74, 6) is 0.431. The molecule has 118 valence electrons. The van der Waals surface area contributed by atoms with Crippen LogP contribution in [-0.4, -0.2) is 5.11 Å². The van der Waals surface area contributed by atoms with Crippen LogP contribution in [0, 0.1) is 5.41 Å². The van der Waals surface area contributed by atoms with Crippen LogP contribution < -0.4 is 0 Å². The normalized spacial score (nSPS) is 11.7. The summed E-state index contributed by atoms with van der Waals surface area (Å²) in [5, 5.41) is 9.53. The molecule has 1 N–H and O–H groups in total. The zero-order valence-corrected chi connectivity index (χ0v) is 15.7. The second kappa shape index (κ2) is 17.3. The maximum absolute atomic E-state index is 9.53. The lowest BCUT2D eigenvalue weighted by atomic mass is 9.84. The quantitative estimate of drug-likeness (QED) is 0.413. The number of aliphatic hydroxyl groups is 1. The number of hydrogen-bond donors (Lipinski definition) is 1. The molecule has 0 spiro atoms. The summed E-state index contributed by atoms with van der Waals surface area (Å²) in [7, 11) is 0. The van der Waals surface area contributed by atoms with E-state index in [9.17, 15) is 5.11 Å². The minimum Gasteiger partial charge on any atom is -0.512 e. The molecule has 0 aliphatic carbocycles. The lowest BCUT2D eigenvalue weighted by molar-refractivity contribution is 0.381. The van der Waals surface area contributed by atoms with Gasteiger partial charge in [-0.3, -0.25) is 0 Å². The van der Waals surface area contributed by atoms with E-state index in [1.54, 1.807) is 6.92 Å². The number of aliphatic hydroxyl groups excluding tert-OH is 1. The van der Waals surface area contributed by atoms with Gasteiger partial charge in [0.05, 0.1) is 5.76 Å². The van der Waals surface area contributed by atoms with Crippen molar-refractivity contribution in [3.8, 4) is 0 Å². The van der Waals surface area contributed by atoms with Gasteiger partial charge in [0.2, 0.25) is 0 Å². The van der Waals surface area contributed by atoms with Crippen molar-refractivity contribution in [2.24, 2.45) is 5.41 Å². The number of rotatable bonds is 2. The highest BCUT2D eigenvalue weighted by molar-refractivity contribution is 5.29. The van der Waals surface area contributed by atoms with Gasteiger partial charge in [-0.2, -0.15) is 0 Å². The average molecular weight is 273 g/mol. The molecule has 0 aromatic carbocycles. The van der Waals surface area contributed by atoms with E-state index in [4.69, 9.17) is 0 Å². The smallest absolute Gasteiger partial charge is 0.0928 e. The van der Waals surface area contributed by atoms with Gasteiger partial charge in [0.1, 0.15) is 0 Å². The van der Waals surface area contributed by atoms with E-state index in [1.807, 2.05) is 41.5 Å². The Labute approximate surface area is 123 Å². The first-order valence-corrected chi connectivity index (χ1v) is 7.86. The van der Waals surface area contributed by atoms with Crippen molar-refractivity contribution in [2.75, 3.05) is 0 Å². The molecule has 0 saturated carbocycles. The predicted octanol–water partition coefficient (Wildman–Crippen LogP) is 7.30. The van der Waals surface area contributed by atoms with Crippen molar-refractivity contribution in [3.05, 3.63) is 23.0 Å². The molecule has 0 fully saturated rings. The molecule has 19 heavy (non-hydrogen) atoms. The highest BCUT2D eigenvalue weighted by Crippen LogP contribution is 2.29. The Morgan fingerprint density at radius 3 is 1.37 bits per heavy atom. The van der Waals surface area contributed by atoms with Crippen LogP contribution in [0.1, 0.15) is 89.5 Å². The maximum Gasteiger partial charge on any atom is 0.0928 e. The first-order chi connectivity index (χ1) is 8.79. The van der Waals surface area contributed by atoms with E-state index in [1.165, 1.54) is 5.57 Å². The van der Waals surface area contributed by atoms with Gasteiger partial charge in [-0.1, -0.05) is 80.9 Å².